The first-order chi connectivity index (χ1) is 10.2. The molecule has 0 aliphatic carbocycles. The van der Waals surface area contributed by atoms with Crippen molar-refractivity contribution in [3.8, 4) is 0 Å². The van der Waals surface area contributed by atoms with Gasteiger partial charge in [-0.2, -0.15) is 12.7 Å². The summed E-state index contributed by atoms with van der Waals surface area (Å²) in [7, 11) is -3.78. The van der Waals surface area contributed by atoms with Gasteiger partial charge in [-0.25, -0.2) is 4.72 Å². The number of halogens is 1. The second-order valence-corrected chi connectivity index (χ2v) is 8.14. The highest BCUT2D eigenvalue weighted by Crippen LogP contribution is 2.26. The molecule has 0 atom stereocenters. The van der Waals surface area contributed by atoms with E-state index in [0.29, 0.717) is 23.7 Å². The van der Waals surface area contributed by atoms with E-state index in [2.05, 4.69) is 4.72 Å². The maximum absolute atomic E-state index is 12.5. The molecule has 0 unspecified atom stereocenters. The molecule has 1 aliphatic heterocycles. The Morgan fingerprint density at radius 1 is 1.23 bits per heavy atom. The Balaban J connectivity index is 2.16. The van der Waals surface area contributed by atoms with Gasteiger partial charge in [0.25, 0.3) is 0 Å². The van der Waals surface area contributed by atoms with Crippen molar-refractivity contribution in [2.45, 2.75) is 38.5 Å². The van der Waals surface area contributed by atoms with Crippen LogP contribution in [-0.4, -0.2) is 31.7 Å². The molecule has 1 heterocycles. The molecule has 5 nitrogen and oxygen atoms in total. The van der Waals surface area contributed by atoms with E-state index in [9.17, 15) is 13.2 Å². The van der Waals surface area contributed by atoms with Gasteiger partial charge < -0.3 is 0 Å². The van der Waals surface area contributed by atoms with E-state index in [0.717, 1.165) is 19.3 Å². The van der Waals surface area contributed by atoms with Crippen LogP contribution in [0.25, 0.3) is 0 Å². The van der Waals surface area contributed by atoms with Crippen LogP contribution in [0.2, 0.25) is 5.02 Å². The fourth-order valence-electron chi connectivity index (χ4n) is 2.42. The molecule has 1 aromatic rings. The van der Waals surface area contributed by atoms with Crippen LogP contribution >= 0.6 is 11.6 Å². The van der Waals surface area contributed by atoms with Gasteiger partial charge >= 0.3 is 10.2 Å². The maximum atomic E-state index is 12.5. The van der Waals surface area contributed by atoms with E-state index >= 15 is 0 Å². The molecule has 1 aromatic carbocycles. The summed E-state index contributed by atoms with van der Waals surface area (Å²) < 4.78 is 28.2. The van der Waals surface area contributed by atoms with Gasteiger partial charge in [0.1, 0.15) is 0 Å². The zero-order valence-corrected chi connectivity index (χ0v) is 14.4. The number of amides is 1. The minimum Gasteiger partial charge on any atom is -0.273 e. The number of hydrogen-bond acceptors (Lipinski definition) is 3. The van der Waals surface area contributed by atoms with E-state index in [1.165, 1.54) is 4.31 Å². The monoisotopic (exact) mass is 344 g/mol. The largest absolute Gasteiger partial charge is 0.303 e. The Kier molecular flexibility index (Phi) is 5.14. The van der Waals surface area contributed by atoms with Crippen LogP contribution in [-0.2, 0) is 20.4 Å². The number of hydrogen-bond donors (Lipinski definition) is 1. The summed E-state index contributed by atoms with van der Waals surface area (Å²) in [5, 5.41) is 0.511. The highest BCUT2D eigenvalue weighted by Gasteiger charge is 2.35. The minimum atomic E-state index is -3.78. The average Bonchev–Trinajstić information content (AvgIpc) is 2.47. The summed E-state index contributed by atoms with van der Waals surface area (Å²) in [5.74, 6) is -0.555. The highest BCUT2D eigenvalue weighted by atomic mass is 35.5. The van der Waals surface area contributed by atoms with Gasteiger partial charge in [-0.3, -0.25) is 4.79 Å². The Labute approximate surface area is 136 Å². The normalized spacial score (nSPS) is 17.2. The highest BCUT2D eigenvalue weighted by molar-refractivity contribution is 7.87. The predicted molar refractivity (Wildman–Crippen MR) is 87.0 cm³/mol. The average molecular weight is 345 g/mol. The molecule has 0 aromatic heterocycles. The van der Waals surface area contributed by atoms with Gasteiger partial charge in [0.2, 0.25) is 5.91 Å². The van der Waals surface area contributed by atoms with E-state index in [4.69, 9.17) is 11.6 Å². The van der Waals surface area contributed by atoms with Crippen LogP contribution in [0.3, 0.4) is 0 Å². The third-order valence-electron chi connectivity index (χ3n) is 3.99. The lowest BCUT2D eigenvalue weighted by molar-refractivity contribution is -0.123. The Bertz CT molecular complexity index is 653. The molecule has 1 fully saturated rings. The summed E-state index contributed by atoms with van der Waals surface area (Å²) >= 11 is 5.95. The Morgan fingerprint density at radius 2 is 1.86 bits per heavy atom. The summed E-state index contributed by atoms with van der Waals surface area (Å²) in [5.41, 5.74) is -0.320. The number of carbonyl (C=O) groups excluding carboxylic acids is 1. The molecule has 0 bridgehead atoms. The fourth-order valence-corrected chi connectivity index (χ4v) is 3.97. The minimum absolute atomic E-state index is 0.459. The number of nitrogens with zero attached hydrogens (tertiary/aromatic N) is 1. The van der Waals surface area contributed by atoms with E-state index < -0.39 is 21.5 Å². The first-order valence-corrected chi connectivity index (χ1v) is 9.13. The lowest BCUT2D eigenvalue weighted by Crippen LogP contribution is -2.50. The molecular weight excluding hydrogens is 324 g/mol. The van der Waals surface area contributed by atoms with Crippen molar-refractivity contribution in [3.63, 3.8) is 0 Å². The number of nitrogens with one attached hydrogen (secondary N) is 1. The van der Waals surface area contributed by atoms with E-state index in [-0.39, 0.29) is 0 Å². The first-order valence-electron chi connectivity index (χ1n) is 7.32. The Morgan fingerprint density at radius 3 is 2.45 bits per heavy atom. The zero-order chi connectivity index (χ0) is 16.4. The van der Waals surface area contributed by atoms with Crippen molar-refractivity contribution >= 4 is 27.7 Å². The van der Waals surface area contributed by atoms with Crippen LogP contribution < -0.4 is 4.72 Å². The Hall–Kier alpha value is -1.11. The number of rotatable bonds is 4. The molecule has 1 N–H and O–H groups in total. The molecule has 7 heteroatoms. The summed E-state index contributed by atoms with van der Waals surface area (Å²) in [6, 6.07) is 6.89. The lowest BCUT2D eigenvalue weighted by atomic mass is 9.84. The van der Waals surface area contributed by atoms with Gasteiger partial charge in [-0.1, -0.05) is 30.2 Å². The van der Waals surface area contributed by atoms with E-state index in [1.807, 2.05) is 0 Å². The van der Waals surface area contributed by atoms with Gasteiger partial charge in [0.15, 0.2) is 0 Å². The third-order valence-corrected chi connectivity index (χ3v) is 5.71. The van der Waals surface area contributed by atoms with Crippen LogP contribution in [0, 0.1) is 0 Å². The molecular formula is C15H21ClN2O3S. The standard InChI is InChI=1S/C15H21ClN2O3S/c1-15(2,12-7-6-8-13(16)11-12)14(19)17-22(20,21)18-9-4-3-5-10-18/h6-8,11H,3-5,9-10H2,1-2H3,(H,17,19). The molecule has 1 saturated heterocycles. The second kappa shape index (κ2) is 6.56. The van der Waals surface area contributed by atoms with Gasteiger partial charge in [-0.05, 0) is 44.4 Å². The van der Waals surface area contributed by atoms with Crippen LogP contribution in [0.15, 0.2) is 24.3 Å². The first kappa shape index (κ1) is 17.2. The molecule has 1 amide bonds. The number of benzene rings is 1. The fraction of sp³-hybridized carbons (Fsp3) is 0.533. The predicted octanol–water partition coefficient (Wildman–Crippen LogP) is 2.46. The van der Waals surface area contributed by atoms with Gasteiger partial charge in [0, 0.05) is 18.1 Å². The molecule has 122 valence electrons. The quantitative estimate of drug-likeness (QED) is 0.912. The molecule has 0 saturated carbocycles. The maximum Gasteiger partial charge on any atom is 0.303 e. The lowest BCUT2D eigenvalue weighted by Gasteiger charge is -2.29. The molecule has 0 spiro atoms. The van der Waals surface area contributed by atoms with Crippen molar-refractivity contribution in [1.29, 1.82) is 0 Å². The van der Waals surface area contributed by atoms with Crippen LogP contribution in [0.1, 0.15) is 38.7 Å². The number of piperidine rings is 1. The van der Waals surface area contributed by atoms with Crippen molar-refractivity contribution < 1.29 is 13.2 Å². The summed E-state index contributed by atoms with van der Waals surface area (Å²) in [6.07, 6.45) is 2.67. The number of carbonyl (C=O) groups is 1. The second-order valence-electron chi connectivity index (χ2n) is 6.03. The third kappa shape index (κ3) is 3.80. The molecule has 0 radical (unpaired) electrons. The smallest absolute Gasteiger partial charge is 0.273 e. The van der Waals surface area contributed by atoms with Gasteiger partial charge in [0.05, 0.1) is 5.41 Å². The van der Waals surface area contributed by atoms with E-state index in [1.54, 1.807) is 38.1 Å². The molecule has 2 rings (SSSR count). The molecule has 1 aliphatic rings. The van der Waals surface area contributed by atoms with Crippen molar-refractivity contribution in [2.75, 3.05) is 13.1 Å². The zero-order valence-electron chi connectivity index (χ0n) is 12.8. The molecule has 22 heavy (non-hydrogen) atoms. The van der Waals surface area contributed by atoms with Crippen LogP contribution in [0.5, 0.6) is 0 Å². The SMILES string of the molecule is CC(C)(C(=O)NS(=O)(=O)N1CCCCC1)c1cccc(Cl)c1. The summed E-state index contributed by atoms with van der Waals surface area (Å²) in [6.45, 7) is 4.28. The summed E-state index contributed by atoms with van der Waals surface area (Å²) in [4.78, 5) is 12.5. The van der Waals surface area contributed by atoms with Crippen molar-refractivity contribution in [2.24, 2.45) is 0 Å². The topological polar surface area (TPSA) is 66.5 Å². The van der Waals surface area contributed by atoms with Crippen molar-refractivity contribution in [3.05, 3.63) is 34.9 Å². The van der Waals surface area contributed by atoms with Gasteiger partial charge in [-0.15, -0.1) is 0 Å². The van der Waals surface area contributed by atoms with Crippen LogP contribution in [0.4, 0.5) is 0 Å². The van der Waals surface area contributed by atoms with Crippen molar-refractivity contribution in [1.82, 2.24) is 9.03 Å².